The van der Waals surface area contributed by atoms with E-state index in [4.69, 9.17) is 10.5 Å². The number of rotatable bonds is 6. The Morgan fingerprint density at radius 2 is 2.03 bits per heavy atom. The summed E-state index contributed by atoms with van der Waals surface area (Å²) in [6.07, 6.45) is 1.87. The van der Waals surface area contributed by atoms with E-state index in [2.05, 4.69) is 5.32 Å². The number of hydrogen-bond donors (Lipinski definition) is 2. The van der Waals surface area contributed by atoms with Crippen molar-refractivity contribution in [3.05, 3.63) is 54.1 Å². The number of amides is 2. The van der Waals surface area contributed by atoms with Gasteiger partial charge in [0.05, 0.1) is 18.4 Å². The van der Waals surface area contributed by atoms with E-state index in [1.54, 1.807) is 13.2 Å². The average Bonchev–Trinajstić information content (AvgIpc) is 2.72. The molecule has 0 bridgehead atoms. The van der Waals surface area contributed by atoms with E-state index in [1.165, 1.54) is 11.8 Å². The average molecular weight is 436 g/mol. The van der Waals surface area contributed by atoms with Crippen molar-refractivity contribution in [2.45, 2.75) is 23.8 Å². The molecule has 3 N–H and O–H groups in total. The van der Waals surface area contributed by atoms with Gasteiger partial charge in [-0.3, -0.25) is 9.59 Å². The third-order valence-electron chi connectivity index (χ3n) is 4.57. The molecule has 1 heterocycles. The fourth-order valence-corrected chi connectivity index (χ4v) is 4.02. The first-order valence-corrected chi connectivity index (χ1v) is 10.3. The van der Waals surface area contributed by atoms with Gasteiger partial charge in [-0.2, -0.15) is 0 Å². The first-order valence-electron chi connectivity index (χ1n) is 9.27. The Morgan fingerprint density at radius 1 is 1.24 bits per heavy atom. The molecular formula is C21H26ClN3O3S. The van der Waals surface area contributed by atoms with E-state index in [0.717, 1.165) is 24.3 Å². The highest BCUT2D eigenvalue weighted by Crippen LogP contribution is 2.25. The molecule has 0 aliphatic carbocycles. The van der Waals surface area contributed by atoms with Crippen LogP contribution in [0.25, 0.3) is 0 Å². The maximum Gasteiger partial charge on any atom is 0.255 e. The number of carbonyl (C=O) groups is 2. The van der Waals surface area contributed by atoms with Gasteiger partial charge in [-0.05, 0) is 37.1 Å². The van der Waals surface area contributed by atoms with Gasteiger partial charge >= 0.3 is 0 Å². The molecule has 6 nitrogen and oxygen atoms in total. The second-order valence-corrected chi connectivity index (χ2v) is 7.74. The van der Waals surface area contributed by atoms with Crippen LogP contribution in [0.4, 0.5) is 5.69 Å². The lowest BCUT2D eigenvalue weighted by molar-refractivity contribution is -0.113. The zero-order valence-corrected chi connectivity index (χ0v) is 17.9. The van der Waals surface area contributed by atoms with Crippen LogP contribution in [-0.2, 0) is 4.79 Å². The molecule has 156 valence electrons. The van der Waals surface area contributed by atoms with Gasteiger partial charge in [-0.1, -0.05) is 18.2 Å². The van der Waals surface area contributed by atoms with Crippen molar-refractivity contribution < 1.29 is 14.3 Å². The molecule has 2 aromatic carbocycles. The van der Waals surface area contributed by atoms with Crippen molar-refractivity contribution in [3.8, 4) is 5.75 Å². The molecule has 1 fully saturated rings. The second-order valence-electron chi connectivity index (χ2n) is 6.72. The van der Waals surface area contributed by atoms with E-state index >= 15 is 0 Å². The van der Waals surface area contributed by atoms with Crippen molar-refractivity contribution in [2.24, 2.45) is 5.73 Å². The van der Waals surface area contributed by atoms with Crippen LogP contribution in [-0.4, -0.2) is 48.7 Å². The summed E-state index contributed by atoms with van der Waals surface area (Å²) in [5.74, 6) is 0.731. The summed E-state index contributed by atoms with van der Waals surface area (Å²) in [7, 11) is 1.58. The van der Waals surface area contributed by atoms with Crippen molar-refractivity contribution >= 4 is 41.7 Å². The number of hydrogen-bond acceptors (Lipinski definition) is 5. The van der Waals surface area contributed by atoms with Crippen molar-refractivity contribution in [1.82, 2.24) is 4.90 Å². The molecule has 1 atom stereocenters. The van der Waals surface area contributed by atoms with Crippen LogP contribution in [0, 0.1) is 0 Å². The smallest absolute Gasteiger partial charge is 0.255 e. The SMILES string of the molecule is COc1cccc(NC(=O)CSc2ccccc2C(=O)N2CCCC(N)C2)c1.Cl. The maximum atomic E-state index is 12.9. The van der Waals surface area contributed by atoms with Gasteiger partial charge < -0.3 is 20.7 Å². The molecule has 2 amide bonds. The molecule has 1 saturated heterocycles. The predicted octanol–water partition coefficient (Wildman–Crippen LogP) is 3.41. The van der Waals surface area contributed by atoms with Crippen LogP contribution in [0.5, 0.6) is 5.75 Å². The fraction of sp³-hybridized carbons (Fsp3) is 0.333. The summed E-state index contributed by atoms with van der Waals surface area (Å²) in [6, 6.07) is 14.6. The Balaban J connectivity index is 0.00000300. The first kappa shape index (κ1) is 23.1. The van der Waals surface area contributed by atoms with Gasteiger partial charge in [0.25, 0.3) is 5.91 Å². The Hall–Kier alpha value is -2.22. The highest BCUT2D eigenvalue weighted by atomic mass is 35.5. The lowest BCUT2D eigenvalue weighted by Crippen LogP contribution is -2.45. The highest BCUT2D eigenvalue weighted by molar-refractivity contribution is 8.00. The van der Waals surface area contributed by atoms with Crippen LogP contribution in [0.2, 0.25) is 0 Å². The van der Waals surface area contributed by atoms with E-state index in [9.17, 15) is 9.59 Å². The number of likely N-dealkylation sites (tertiary alicyclic amines) is 1. The molecule has 0 saturated carbocycles. The Kier molecular flexibility index (Phi) is 8.82. The van der Waals surface area contributed by atoms with E-state index in [1.807, 2.05) is 47.4 Å². The summed E-state index contributed by atoms with van der Waals surface area (Å²) in [6.45, 7) is 1.30. The van der Waals surface area contributed by atoms with Gasteiger partial charge in [0.1, 0.15) is 5.75 Å². The molecular weight excluding hydrogens is 410 g/mol. The largest absolute Gasteiger partial charge is 0.497 e. The zero-order chi connectivity index (χ0) is 19.9. The molecule has 3 rings (SSSR count). The van der Waals surface area contributed by atoms with Gasteiger partial charge in [-0.15, -0.1) is 24.2 Å². The molecule has 2 aromatic rings. The number of nitrogens with one attached hydrogen (secondary N) is 1. The number of thioether (sulfide) groups is 1. The number of methoxy groups -OCH3 is 1. The summed E-state index contributed by atoms with van der Waals surface area (Å²) in [5, 5.41) is 2.85. The van der Waals surface area contributed by atoms with Crippen LogP contribution >= 0.6 is 24.2 Å². The van der Waals surface area contributed by atoms with Crippen molar-refractivity contribution in [3.63, 3.8) is 0 Å². The molecule has 0 spiro atoms. The first-order chi connectivity index (χ1) is 13.6. The topological polar surface area (TPSA) is 84.7 Å². The third kappa shape index (κ3) is 6.39. The summed E-state index contributed by atoms with van der Waals surface area (Å²) in [4.78, 5) is 27.8. The summed E-state index contributed by atoms with van der Waals surface area (Å²) in [5.41, 5.74) is 7.31. The molecule has 8 heteroatoms. The minimum atomic E-state index is -0.138. The Morgan fingerprint density at radius 3 is 2.79 bits per heavy atom. The fourth-order valence-electron chi connectivity index (χ4n) is 3.18. The van der Waals surface area contributed by atoms with Crippen molar-refractivity contribution in [1.29, 1.82) is 0 Å². The molecule has 0 aromatic heterocycles. The molecule has 29 heavy (non-hydrogen) atoms. The highest BCUT2D eigenvalue weighted by Gasteiger charge is 2.24. The number of ether oxygens (including phenoxy) is 1. The van der Waals surface area contributed by atoms with Gasteiger partial charge in [0, 0.05) is 35.8 Å². The second kappa shape index (κ2) is 11.1. The number of nitrogens with two attached hydrogens (primary N) is 1. The van der Waals surface area contributed by atoms with Crippen molar-refractivity contribution in [2.75, 3.05) is 31.3 Å². The van der Waals surface area contributed by atoms with Crippen LogP contribution in [0.3, 0.4) is 0 Å². The summed E-state index contributed by atoms with van der Waals surface area (Å²) >= 11 is 1.36. The number of anilines is 1. The number of benzene rings is 2. The normalized spacial score (nSPS) is 15.9. The molecule has 1 aliphatic rings. The minimum Gasteiger partial charge on any atom is -0.497 e. The quantitative estimate of drug-likeness (QED) is 0.679. The molecule has 1 unspecified atom stereocenters. The van der Waals surface area contributed by atoms with Crippen LogP contribution < -0.4 is 15.8 Å². The monoisotopic (exact) mass is 435 g/mol. The standard InChI is InChI=1S/C21H25N3O3S.ClH/c1-27-17-8-4-7-16(12-17)23-20(25)14-28-19-10-3-2-9-18(19)21(26)24-11-5-6-15(22)13-24;/h2-4,7-10,12,15H,5-6,11,13-14,22H2,1H3,(H,23,25);1H. The Labute approximate surface area is 181 Å². The van der Waals surface area contributed by atoms with E-state index in [0.29, 0.717) is 23.5 Å². The molecule has 0 radical (unpaired) electrons. The number of nitrogens with zero attached hydrogens (tertiary/aromatic N) is 1. The number of halogens is 1. The van der Waals surface area contributed by atoms with Crippen LogP contribution in [0.15, 0.2) is 53.4 Å². The van der Waals surface area contributed by atoms with Gasteiger partial charge in [0.2, 0.25) is 5.91 Å². The lowest BCUT2D eigenvalue weighted by atomic mass is 10.1. The zero-order valence-electron chi connectivity index (χ0n) is 16.3. The number of piperidine rings is 1. The molecule has 1 aliphatic heterocycles. The Bertz CT molecular complexity index is 849. The van der Waals surface area contributed by atoms with Gasteiger partial charge in [0.15, 0.2) is 0 Å². The minimum absolute atomic E-state index is 0. The number of carbonyl (C=O) groups excluding carboxylic acids is 2. The van der Waals surface area contributed by atoms with E-state index < -0.39 is 0 Å². The third-order valence-corrected chi connectivity index (χ3v) is 5.65. The lowest BCUT2D eigenvalue weighted by Gasteiger charge is -2.31. The van der Waals surface area contributed by atoms with Gasteiger partial charge in [-0.25, -0.2) is 0 Å². The van der Waals surface area contributed by atoms with Crippen LogP contribution in [0.1, 0.15) is 23.2 Å². The van der Waals surface area contributed by atoms with E-state index in [-0.39, 0.29) is 36.0 Å². The predicted molar refractivity (Wildman–Crippen MR) is 119 cm³/mol. The maximum absolute atomic E-state index is 12.9. The summed E-state index contributed by atoms with van der Waals surface area (Å²) < 4.78 is 5.17.